The quantitative estimate of drug-likeness (QED) is 0.760. The van der Waals surface area contributed by atoms with Crippen LogP contribution in [0.15, 0.2) is 42.5 Å². The van der Waals surface area contributed by atoms with Gasteiger partial charge in [0.05, 0.1) is 21.5 Å². The van der Waals surface area contributed by atoms with Crippen LogP contribution in [0.2, 0.25) is 15.1 Å². The Hall–Kier alpha value is -0.870. The van der Waals surface area contributed by atoms with Gasteiger partial charge in [0, 0.05) is 10.8 Å². The van der Waals surface area contributed by atoms with Gasteiger partial charge in [-0.1, -0.05) is 53.0 Å². The molecule has 0 aromatic heterocycles. The fraction of sp³-hybridized carbons (Fsp3) is 0.133. The molecule has 0 aliphatic carbocycles. The van der Waals surface area contributed by atoms with Gasteiger partial charge in [0.15, 0.2) is 0 Å². The molecule has 0 unspecified atom stereocenters. The molecule has 0 heterocycles. The van der Waals surface area contributed by atoms with E-state index in [0.717, 1.165) is 11.3 Å². The molecule has 0 saturated heterocycles. The number of rotatable bonds is 5. The Kier molecular flexibility index (Phi) is 6.24. The third-order valence-electron chi connectivity index (χ3n) is 2.64. The van der Waals surface area contributed by atoms with Crippen LogP contribution >= 0.6 is 46.6 Å². The number of nitrogens with one attached hydrogen (secondary N) is 1. The molecule has 6 heteroatoms. The van der Waals surface area contributed by atoms with Gasteiger partial charge in [-0.15, -0.1) is 11.8 Å². The van der Waals surface area contributed by atoms with E-state index >= 15 is 0 Å². The largest absolute Gasteiger partial charge is 0.323 e. The van der Waals surface area contributed by atoms with Crippen molar-refractivity contribution in [1.29, 1.82) is 0 Å². The van der Waals surface area contributed by atoms with Crippen molar-refractivity contribution in [2.24, 2.45) is 0 Å². The predicted molar refractivity (Wildman–Crippen MR) is 92.7 cm³/mol. The van der Waals surface area contributed by atoms with Gasteiger partial charge in [-0.25, -0.2) is 0 Å². The average Bonchev–Trinajstić information content (AvgIpc) is 2.45. The molecule has 0 spiro atoms. The lowest BCUT2D eigenvalue weighted by atomic mass is 10.2. The zero-order valence-corrected chi connectivity index (χ0v) is 14.0. The zero-order valence-electron chi connectivity index (χ0n) is 10.9. The van der Waals surface area contributed by atoms with Gasteiger partial charge >= 0.3 is 0 Å². The molecule has 0 bridgehead atoms. The minimum atomic E-state index is -0.135. The first-order chi connectivity index (χ1) is 10.1. The summed E-state index contributed by atoms with van der Waals surface area (Å²) in [7, 11) is 0. The van der Waals surface area contributed by atoms with Gasteiger partial charge in [0.2, 0.25) is 5.91 Å². The number of benzene rings is 2. The molecule has 2 aromatic rings. The van der Waals surface area contributed by atoms with E-state index in [0.29, 0.717) is 26.5 Å². The van der Waals surface area contributed by atoms with Gasteiger partial charge in [-0.3, -0.25) is 4.79 Å². The minimum Gasteiger partial charge on any atom is -0.323 e. The summed E-state index contributed by atoms with van der Waals surface area (Å²) in [5.41, 5.74) is 1.57. The van der Waals surface area contributed by atoms with Crippen molar-refractivity contribution in [1.82, 2.24) is 0 Å². The highest BCUT2D eigenvalue weighted by molar-refractivity contribution is 7.99. The van der Waals surface area contributed by atoms with E-state index in [1.54, 1.807) is 18.2 Å². The molecule has 1 amide bonds. The third kappa shape index (κ3) is 5.11. The molecular formula is C15H12Cl3NOS. The Morgan fingerprint density at radius 1 is 1.00 bits per heavy atom. The van der Waals surface area contributed by atoms with Crippen LogP contribution in [-0.2, 0) is 10.5 Å². The maximum atomic E-state index is 11.9. The summed E-state index contributed by atoms with van der Waals surface area (Å²) in [4.78, 5) is 11.9. The molecule has 0 aliphatic rings. The number of hydrogen-bond acceptors (Lipinski definition) is 2. The first kappa shape index (κ1) is 16.5. The van der Waals surface area contributed by atoms with E-state index in [9.17, 15) is 4.79 Å². The van der Waals surface area contributed by atoms with E-state index in [4.69, 9.17) is 34.8 Å². The molecule has 0 radical (unpaired) electrons. The van der Waals surface area contributed by atoms with Crippen molar-refractivity contribution >= 4 is 58.2 Å². The smallest absolute Gasteiger partial charge is 0.234 e. The van der Waals surface area contributed by atoms with Crippen LogP contribution in [0.5, 0.6) is 0 Å². The molecule has 1 N–H and O–H groups in total. The third-order valence-corrected chi connectivity index (χ3v) is 4.53. The number of hydrogen-bond donors (Lipinski definition) is 1. The highest BCUT2D eigenvalue weighted by Crippen LogP contribution is 2.29. The average molecular weight is 361 g/mol. The van der Waals surface area contributed by atoms with E-state index in [1.807, 2.05) is 24.3 Å². The first-order valence-electron chi connectivity index (χ1n) is 6.12. The van der Waals surface area contributed by atoms with Crippen molar-refractivity contribution < 1.29 is 4.79 Å². The topological polar surface area (TPSA) is 29.1 Å². The van der Waals surface area contributed by atoms with Crippen molar-refractivity contribution in [3.05, 3.63) is 63.1 Å². The SMILES string of the molecule is O=C(CSCc1ccc(Cl)cc1)Nc1c(Cl)cccc1Cl. The van der Waals surface area contributed by atoms with E-state index in [2.05, 4.69) is 5.32 Å². The number of thioether (sulfide) groups is 1. The summed E-state index contributed by atoms with van der Waals surface area (Å²) < 4.78 is 0. The fourth-order valence-electron chi connectivity index (χ4n) is 1.63. The summed E-state index contributed by atoms with van der Waals surface area (Å²) in [6, 6.07) is 12.7. The fourth-order valence-corrected chi connectivity index (χ4v) is 3.04. The van der Waals surface area contributed by atoms with Crippen LogP contribution in [0.4, 0.5) is 5.69 Å². The molecule has 2 rings (SSSR count). The van der Waals surface area contributed by atoms with Gasteiger partial charge in [-0.05, 0) is 29.8 Å². The number of anilines is 1. The zero-order chi connectivity index (χ0) is 15.2. The number of carbonyl (C=O) groups excluding carboxylic acids is 1. The summed E-state index contributed by atoms with van der Waals surface area (Å²) in [5, 5.41) is 4.29. The summed E-state index contributed by atoms with van der Waals surface area (Å²) in [6.45, 7) is 0. The maximum Gasteiger partial charge on any atom is 0.234 e. The lowest BCUT2D eigenvalue weighted by Crippen LogP contribution is -2.14. The molecule has 110 valence electrons. The molecule has 2 aromatic carbocycles. The lowest BCUT2D eigenvalue weighted by molar-refractivity contribution is -0.113. The Morgan fingerprint density at radius 2 is 1.62 bits per heavy atom. The van der Waals surface area contributed by atoms with Crippen LogP contribution in [0.3, 0.4) is 0 Å². The molecule has 21 heavy (non-hydrogen) atoms. The Bertz CT molecular complexity index is 611. The van der Waals surface area contributed by atoms with Crippen LogP contribution in [0.25, 0.3) is 0 Å². The van der Waals surface area contributed by atoms with E-state index in [-0.39, 0.29) is 5.91 Å². The van der Waals surface area contributed by atoms with Gasteiger partial charge < -0.3 is 5.32 Å². The second kappa shape index (κ2) is 7.95. The number of carbonyl (C=O) groups is 1. The van der Waals surface area contributed by atoms with E-state index < -0.39 is 0 Å². The number of para-hydroxylation sites is 1. The van der Waals surface area contributed by atoms with Crippen molar-refractivity contribution in [3.63, 3.8) is 0 Å². The molecule has 0 saturated carbocycles. The van der Waals surface area contributed by atoms with Crippen LogP contribution < -0.4 is 5.32 Å². The van der Waals surface area contributed by atoms with Gasteiger partial charge in [-0.2, -0.15) is 0 Å². The van der Waals surface area contributed by atoms with Gasteiger partial charge in [0.1, 0.15) is 0 Å². The number of amides is 1. The molecule has 2 nitrogen and oxygen atoms in total. The predicted octanol–water partition coefficient (Wildman–Crippen LogP) is 5.52. The van der Waals surface area contributed by atoms with Crippen LogP contribution in [0, 0.1) is 0 Å². The first-order valence-corrected chi connectivity index (χ1v) is 8.41. The van der Waals surface area contributed by atoms with Crippen molar-refractivity contribution in [3.8, 4) is 0 Å². The summed E-state index contributed by atoms with van der Waals surface area (Å²) in [5.74, 6) is 0.925. The second-order valence-electron chi connectivity index (χ2n) is 4.26. The number of halogens is 3. The minimum absolute atomic E-state index is 0.135. The molecule has 0 atom stereocenters. The monoisotopic (exact) mass is 359 g/mol. The Labute approximate surface area is 142 Å². The standard InChI is InChI=1S/C15H12Cl3NOS/c16-11-6-4-10(5-7-11)8-21-9-14(20)19-15-12(17)2-1-3-13(15)18/h1-7H,8-9H2,(H,19,20). The molecule has 0 aliphatic heterocycles. The Balaban J connectivity index is 1.84. The summed E-state index contributed by atoms with van der Waals surface area (Å²) in [6.07, 6.45) is 0. The molecule has 0 fully saturated rings. The molecular weight excluding hydrogens is 349 g/mol. The maximum absolute atomic E-state index is 11.9. The lowest BCUT2D eigenvalue weighted by Gasteiger charge is -2.09. The van der Waals surface area contributed by atoms with Crippen LogP contribution in [0.1, 0.15) is 5.56 Å². The van der Waals surface area contributed by atoms with Crippen LogP contribution in [-0.4, -0.2) is 11.7 Å². The van der Waals surface area contributed by atoms with Crippen molar-refractivity contribution in [2.45, 2.75) is 5.75 Å². The van der Waals surface area contributed by atoms with Gasteiger partial charge in [0.25, 0.3) is 0 Å². The summed E-state index contributed by atoms with van der Waals surface area (Å²) >= 11 is 19.3. The second-order valence-corrected chi connectivity index (χ2v) is 6.50. The highest BCUT2D eigenvalue weighted by atomic mass is 35.5. The highest BCUT2D eigenvalue weighted by Gasteiger charge is 2.09. The Morgan fingerprint density at radius 3 is 2.24 bits per heavy atom. The van der Waals surface area contributed by atoms with E-state index in [1.165, 1.54) is 11.8 Å². The normalized spacial score (nSPS) is 10.4. The van der Waals surface area contributed by atoms with Crippen molar-refractivity contribution in [2.75, 3.05) is 11.1 Å².